The molecule has 0 radical (unpaired) electrons. The second-order valence-electron chi connectivity index (χ2n) is 6.12. The number of benzene rings is 1. The smallest absolute Gasteiger partial charge is 0.137 e. The van der Waals surface area contributed by atoms with Gasteiger partial charge in [0.2, 0.25) is 0 Å². The van der Waals surface area contributed by atoms with Crippen molar-refractivity contribution in [2.75, 3.05) is 4.90 Å². The molecule has 0 aliphatic carbocycles. The molecule has 0 unspecified atom stereocenters. The minimum atomic E-state index is 0.838. The van der Waals surface area contributed by atoms with Gasteiger partial charge in [-0.25, -0.2) is 9.97 Å². The summed E-state index contributed by atoms with van der Waals surface area (Å²) in [5, 5.41) is 0. The molecule has 3 heterocycles. The van der Waals surface area contributed by atoms with Crippen molar-refractivity contribution < 1.29 is 4.74 Å². The van der Waals surface area contributed by atoms with Crippen LogP contribution in [-0.4, -0.2) is 14.5 Å². The van der Waals surface area contributed by atoms with Gasteiger partial charge in [0.1, 0.15) is 24.2 Å². The fraction of sp³-hybridized carbons (Fsp3) is 0.143. The van der Waals surface area contributed by atoms with Gasteiger partial charge >= 0.3 is 0 Å². The molecule has 0 atom stereocenters. The molecular formula is C21H20N4O. The summed E-state index contributed by atoms with van der Waals surface area (Å²) in [5.41, 5.74) is 3.19. The Kier molecular flexibility index (Phi) is 4.51. The summed E-state index contributed by atoms with van der Waals surface area (Å²) in [4.78, 5) is 11.5. The van der Waals surface area contributed by atoms with E-state index < -0.39 is 0 Å². The van der Waals surface area contributed by atoms with Crippen molar-refractivity contribution in [1.82, 2.24) is 14.5 Å². The molecule has 130 valence electrons. The lowest BCUT2D eigenvalue weighted by molar-refractivity contribution is 0.393. The Bertz CT molecular complexity index is 932. The first kappa shape index (κ1) is 16.1. The molecule has 4 rings (SSSR count). The Hall–Kier alpha value is -3.34. The number of aromatic nitrogens is 3. The third kappa shape index (κ3) is 3.52. The molecule has 0 spiro atoms. The number of anilines is 1. The van der Waals surface area contributed by atoms with E-state index in [9.17, 15) is 0 Å². The quantitative estimate of drug-likeness (QED) is 0.700. The van der Waals surface area contributed by atoms with Gasteiger partial charge in [-0.2, -0.15) is 0 Å². The average molecular weight is 344 g/mol. The van der Waals surface area contributed by atoms with Crippen LogP contribution in [0, 0.1) is 0 Å². The molecule has 1 aromatic carbocycles. The van der Waals surface area contributed by atoms with Gasteiger partial charge in [0, 0.05) is 43.3 Å². The summed E-state index contributed by atoms with van der Waals surface area (Å²) >= 11 is 0. The molecule has 0 saturated carbocycles. The van der Waals surface area contributed by atoms with Crippen LogP contribution in [0.5, 0.6) is 0 Å². The van der Waals surface area contributed by atoms with E-state index >= 15 is 0 Å². The van der Waals surface area contributed by atoms with Crippen LogP contribution in [-0.2, 0) is 24.6 Å². The Labute approximate surface area is 152 Å². The highest BCUT2D eigenvalue weighted by Gasteiger charge is 2.09. The van der Waals surface area contributed by atoms with Crippen LogP contribution in [0.1, 0.15) is 11.5 Å². The van der Waals surface area contributed by atoms with Crippen LogP contribution >= 0.6 is 0 Å². The second kappa shape index (κ2) is 7.27. The zero-order valence-electron chi connectivity index (χ0n) is 14.6. The number of rotatable bonds is 5. The average Bonchev–Trinajstić information content (AvgIpc) is 3.09. The van der Waals surface area contributed by atoms with E-state index in [-0.39, 0.29) is 0 Å². The van der Waals surface area contributed by atoms with Crippen LogP contribution in [0.3, 0.4) is 0 Å². The number of aryl methyl sites for hydroxylation is 3. The minimum Gasteiger partial charge on any atom is -0.470 e. The lowest BCUT2D eigenvalue weighted by Gasteiger charge is -2.17. The van der Waals surface area contributed by atoms with Gasteiger partial charge in [0.25, 0.3) is 0 Å². The summed E-state index contributed by atoms with van der Waals surface area (Å²) in [7, 11) is 2.04. The summed E-state index contributed by atoms with van der Waals surface area (Å²) in [6.45, 7) is 0. The third-order valence-electron chi connectivity index (χ3n) is 4.30. The predicted octanol–water partition coefficient (Wildman–Crippen LogP) is 4.05. The van der Waals surface area contributed by atoms with E-state index in [2.05, 4.69) is 29.0 Å². The van der Waals surface area contributed by atoms with Gasteiger partial charge in [0.15, 0.2) is 0 Å². The van der Waals surface area contributed by atoms with E-state index in [1.165, 1.54) is 0 Å². The molecule has 3 aromatic rings. The summed E-state index contributed by atoms with van der Waals surface area (Å²) < 4.78 is 7.16. The normalized spacial score (nSPS) is 13.0. The number of hydrogen-bond acceptors (Lipinski definition) is 4. The first-order valence-corrected chi connectivity index (χ1v) is 8.60. The fourth-order valence-corrected chi connectivity index (χ4v) is 2.92. The third-order valence-corrected chi connectivity index (χ3v) is 4.30. The van der Waals surface area contributed by atoms with E-state index in [4.69, 9.17) is 14.7 Å². The van der Waals surface area contributed by atoms with E-state index in [1.807, 2.05) is 54.7 Å². The van der Waals surface area contributed by atoms with Gasteiger partial charge in [-0.3, -0.25) is 0 Å². The predicted molar refractivity (Wildman–Crippen MR) is 102 cm³/mol. The van der Waals surface area contributed by atoms with E-state index in [0.717, 1.165) is 41.4 Å². The molecule has 5 nitrogen and oxygen atoms in total. The van der Waals surface area contributed by atoms with Crippen molar-refractivity contribution in [1.29, 1.82) is 0 Å². The molecule has 0 N–H and O–H groups in total. The second-order valence-corrected chi connectivity index (χ2v) is 6.12. The number of nitrogens with zero attached hydrogens (tertiary/aromatic N) is 4. The van der Waals surface area contributed by atoms with E-state index in [1.54, 1.807) is 12.5 Å². The molecule has 1 aliphatic rings. The highest BCUT2D eigenvalue weighted by atomic mass is 16.5. The first-order valence-electron chi connectivity index (χ1n) is 8.60. The number of pyridine rings is 1. The van der Waals surface area contributed by atoms with Crippen molar-refractivity contribution in [3.05, 3.63) is 91.2 Å². The van der Waals surface area contributed by atoms with Crippen molar-refractivity contribution in [3.63, 3.8) is 0 Å². The maximum absolute atomic E-state index is 5.07. The molecule has 0 bridgehead atoms. The molecule has 2 aromatic heterocycles. The number of imidazole rings is 1. The first-order chi connectivity index (χ1) is 12.8. The zero-order valence-corrected chi connectivity index (χ0v) is 14.6. The van der Waals surface area contributed by atoms with E-state index in [0.29, 0.717) is 0 Å². The molecule has 0 amide bonds. The number of ether oxygens (including phenoxy) is 1. The molecule has 5 heteroatoms. The highest BCUT2D eigenvalue weighted by molar-refractivity contribution is 5.58. The van der Waals surface area contributed by atoms with Gasteiger partial charge < -0.3 is 14.2 Å². The summed E-state index contributed by atoms with van der Waals surface area (Å²) in [6.07, 6.45) is 10.7. The van der Waals surface area contributed by atoms with Crippen LogP contribution < -0.4 is 4.90 Å². The monoisotopic (exact) mass is 344 g/mol. The lowest BCUT2D eigenvalue weighted by atomic mass is 10.2. The minimum absolute atomic E-state index is 0.838. The van der Waals surface area contributed by atoms with Crippen LogP contribution in [0.2, 0.25) is 0 Å². The zero-order chi connectivity index (χ0) is 17.8. The van der Waals surface area contributed by atoms with Gasteiger partial charge in [-0.05, 0) is 18.6 Å². The van der Waals surface area contributed by atoms with Gasteiger partial charge in [-0.15, -0.1) is 0 Å². The molecule has 0 fully saturated rings. The fourth-order valence-electron chi connectivity index (χ4n) is 2.92. The van der Waals surface area contributed by atoms with Crippen molar-refractivity contribution >= 4 is 5.82 Å². The topological polar surface area (TPSA) is 43.2 Å². The highest BCUT2D eigenvalue weighted by Crippen LogP contribution is 2.19. The standard InChI is InChI=1S/C21H20N4O/c1-24-16-19(17-6-3-2-4-7-17)23-20(24)11-10-18-8-5-9-21(22-18)25-12-14-26-15-13-25/h2-9,12-16H,10-11H2,1H3. The van der Waals surface area contributed by atoms with Crippen LogP contribution in [0.15, 0.2) is 79.7 Å². The van der Waals surface area contributed by atoms with Crippen molar-refractivity contribution in [3.8, 4) is 11.3 Å². The van der Waals surface area contributed by atoms with Gasteiger partial charge in [-0.1, -0.05) is 36.4 Å². The largest absolute Gasteiger partial charge is 0.470 e. The Morgan fingerprint density at radius 1 is 0.885 bits per heavy atom. The lowest BCUT2D eigenvalue weighted by Crippen LogP contribution is -2.12. The van der Waals surface area contributed by atoms with Crippen molar-refractivity contribution in [2.45, 2.75) is 12.8 Å². The summed E-state index contributed by atoms with van der Waals surface area (Å²) in [5.74, 6) is 1.94. The Balaban J connectivity index is 1.48. The Morgan fingerprint density at radius 3 is 2.50 bits per heavy atom. The number of hydrogen-bond donors (Lipinski definition) is 0. The molecular weight excluding hydrogens is 324 g/mol. The SMILES string of the molecule is Cn1cc(-c2ccccc2)nc1CCc1cccc(N2C=COC=C2)n1. The Morgan fingerprint density at radius 2 is 1.69 bits per heavy atom. The maximum atomic E-state index is 5.07. The van der Waals surface area contributed by atoms with Crippen LogP contribution in [0.25, 0.3) is 11.3 Å². The molecule has 0 saturated heterocycles. The molecule has 1 aliphatic heterocycles. The van der Waals surface area contributed by atoms with Gasteiger partial charge in [0.05, 0.1) is 5.69 Å². The summed E-state index contributed by atoms with van der Waals surface area (Å²) in [6, 6.07) is 16.3. The molecule has 26 heavy (non-hydrogen) atoms. The van der Waals surface area contributed by atoms with Crippen molar-refractivity contribution in [2.24, 2.45) is 7.05 Å². The van der Waals surface area contributed by atoms with Crippen LogP contribution in [0.4, 0.5) is 5.82 Å². The maximum Gasteiger partial charge on any atom is 0.137 e.